The Balaban J connectivity index is 1.37. The summed E-state index contributed by atoms with van der Waals surface area (Å²) >= 11 is 0. The Morgan fingerprint density at radius 2 is 1.32 bits per heavy atom. The molecule has 0 aliphatic rings. The maximum absolute atomic E-state index is 5.83. The highest BCUT2D eigenvalue weighted by molar-refractivity contribution is 5.76. The van der Waals surface area contributed by atoms with Crippen molar-refractivity contribution in [1.29, 1.82) is 0 Å². The van der Waals surface area contributed by atoms with E-state index in [0.29, 0.717) is 17.8 Å². The van der Waals surface area contributed by atoms with Gasteiger partial charge in [0.15, 0.2) is 5.58 Å². The summed E-state index contributed by atoms with van der Waals surface area (Å²) < 4.78 is 11.0. The van der Waals surface area contributed by atoms with Gasteiger partial charge in [-0.25, -0.2) is 4.98 Å². The second-order valence-corrected chi connectivity index (χ2v) is 6.65. The van der Waals surface area contributed by atoms with E-state index in [-0.39, 0.29) is 6.01 Å². The quantitative estimate of drug-likeness (QED) is 0.395. The lowest BCUT2D eigenvalue weighted by Gasteiger charge is -2.10. The van der Waals surface area contributed by atoms with E-state index >= 15 is 0 Å². The highest BCUT2D eigenvalue weighted by Gasteiger charge is 2.10. The molecule has 0 atom stereocenters. The van der Waals surface area contributed by atoms with Gasteiger partial charge in [0, 0.05) is 16.9 Å². The number of ether oxygens (including phenoxy) is 1. The van der Waals surface area contributed by atoms with Gasteiger partial charge in [-0.15, -0.1) is 0 Å². The molecule has 2 heterocycles. The van der Waals surface area contributed by atoms with Crippen LogP contribution in [0.1, 0.15) is 0 Å². The van der Waals surface area contributed by atoms with Crippen LogP contribution in [-0.4, -0.2) is 27.0 Å². The molecule has 0 saturated carbocycles. The zero-order valence-corrected chi connectivity index (χ0v) is 16.6. The third-order valence-corrected chi connectivity index (χ3v) is 4.51. The molecule has 2 aromatic heterocycles. The molecule has 0 spiro atoms. The second-order valence-electron chi connectivity index (χ2n) is 6.65. The van der Waals surface area contributed by atoms with Crippen molar-refractivity contribution >= 4 is 34.4 Å². The fourth-order valence-electron chi connectivity index (χ4n) is 3.03. The van der Waals surface area contributed by atoms with Crippen LogP contribution in [0.15, 0.2) is 83.3 Å². The lowest BCUT2D eigenvalue weighted by atomic mass is 10.2. The molecule has 8 nitrogen and oxygen atoms in total. The third-order valence-electron chi connectivity index (χ3n) is 4.51. The first-order valence-electron chi connectivity index (χ1n) is 9.62. The Hall–Kier alpha value is -4.46. The van der Waals surface area contributed by atoms with Gasteiger partial charge in [-0.05, 0) is 48.5 Å². The number of hydrogen-bond acceptors (Lipinski definition) is 8. The lowest BCUT2D eigenvalue weighted by Crippen LogP contribution is -2.05. The topological polar surface area (TPSA) is 98.0 Å². The molecule has 0 saturated heterocycles. The zero-order valence-electron chi connectivity index (χ0n) is 16.6. The van der Waals surface area contributed by atoms with Crippen molar-refractivity contribution in [2.24, 2.45) is 0 Å². The molecular weight excluding hydrogens is 392 g/mol. The monoisotopic (exact) mass is 410 g/mol. The molecule has 5 aromatic rings. The summed E-state index contributed by atoms with van der Waals surface area (Å²) in [5.74, 6) is 1.31. The van der Waals surface area contributed by atoms with Crippen molar-refractivity contribution in [2.45, 2.75) is 0 Å². The number of nitrogens with zero attached hydrogens (tertiary/aromatic N) is 4. The summed E-state index contributed by atoms with van der Waals surface area (Å²) in [4.78, 5) is 17.5. The van der Waals surface area contributed by atoms with Gasteiger partial charge in [0.2, 0.25) is 17.8 Å². The van der Waals surface area contributed by atoms with Crippen LogP contribution in [0.25, 0.3) is 22.6 Å². The van der Waals surface area contributed by atoms with Gasteiger partial charge in [0.05, 0.1) is 7.11 Å². The van der Waals surface area contributed by atoms with Crippen molar-refractivity contribution < 1.29 is 9.15 Å². The molecule has 0 unspecified atom stereocenters. The predicted molar refractivity (Wildman–Crippen MR) is 119 cm³/mol. The van der Waals surface area contributed by atoms with E-state index in [1.54, 1.807) is 0 Å². The number of hydrogen-bond donors (Lipinski definition) is 2. The molecule has 31 heavy (non-hydrogen) atoms. The minimum absolute atomic E-state index is 0.207. The smallest absolute Gasteiger partial charge is 0.322 e. The summed E-state index contributed by atoms with van der Waals surface area (Å²) in [5, 5.41) is 6.32. The van der Waals surface area contributed by atoms with Crippen molar-refractivity contribution in [1.82, 2.24) is 19.9 Å². The van der Waals surface area contributed by atoms with Crippen LogP contribution in [0.2, 0.25) is 0 Å². The number of rotatable bonds is 6. The second kappa shape index (κ2) is 8.11. The molecule has 0 bridgehead atoms. The summed E-state index contributed by atoms with van der Waals surface area (Å²) in [5.41, 5.74) is 4.13. The Bertz CT molecular complexity index is 1290. The zero-order chi connectivity index (χ0) is 21.0. The first kappa shape index (κ1) is 18.6. The van der Waals surface area contributed by atoms with Crippen LogP contribution in [0.5, 0.6) is 6.01 Å². The van der Waals surface area contributed by atoms with Crippen LogP contribution in [0.4, 0.5) is 23.3 Å². The van der Waals surface area contributed by atoms with Crippen molar-refractivity contribution in [3.05, 3.63) is 78.9 Å². The van der Waals surface area contributed by atoms with Gasteiger partial charge in [0.25, 0.3) is 0 Å². The summed E-state index contributed by atoms with van der Waals surface area (Å²) in [6, 6.07) is 25.2. The fraction of sp³-hybridized carbons (Fsp3) is 0.0435. The summed E-state index contributed by atoms with van der Waals surface area (Å²) in [7, 11) is 1.51. The summed E-state index contributed by atoms with van der Waals surface area (Å²) in [6.45, 7) is 0. The van der Waals surface area contributed by atoms with Crippen molar-refractivity contribution in [3.8, 4) is 17.5 Å². The molecule has 0 amide bonds. The Kier molecular flexibility index (Phi) is 4.86. The van der Waals surface area contributed by atoms with Crippen LogP contribution in [-0.2, 0) is 0 Å². The van der Waals surface area contributed by atoms with E-state index in [9.17, 15) is 0 Å². The average molecular weight is 410 g/mol. The average Bonchev–Trinajstić information content (AvgIpc) is 3.24. The Morgan fingerprint density at radius 3 is 2.00 bits per heavy atom. The number of oxazole rings is 1. The molecule has 152 valence electrons. The number of fused-ring (bicyclic) bond motifs is 1. The standard InChI is InChI=1S/C23H18N6O2/c1-30-23-28-21(24-16-7-3-2-4-8-16)27-22(29-23)25-17-13-11-15(12-14-17)20-26-18-9-5-6-10-19(18)31-20/h2-14H,1H3,(H2,24,25,27,28,29). The van der Waals surface area contributed by atoms with Crippen LogP contribution < -0.4 is 15.4 Å². The number of para-hydroxylation sites is 3. The molecular formula is C23H18N6O2. The number of benzene rings is 3. The van der Waals surface area contributed by atoms with Gasteiger partial charge < -0.3 is 19.8 Å². The predicted octanol–water partition coefficient (Wildman–Crippen LogP) is 5.18. The number of nitrogens with one attached hydrogen (secondary N) is 2. The van der Waals surface area contributed by atoms with Crippen LogP contribution in [0, 0.1) is 0 Å². The van der Waals surface area contributed by atoms with E-state index in [2.05, 4.69) is 30.6 Å². The first-order chi connectivity index (χ1) is 15.3. The van der Waals surface area contributed by atoms with E-state index in [1.165, 1.54) is 7.11 Å². The Labute approximate surface area is 178 Å². The molecule has 5 rings (SSSR count). The number of aromatic nitrogens is 4. The first-order valence-corrected chi connectivity index (χ1v) is 9.62. The number of anilines is 4. The van der Waals surface area contributed by atoms with E-state index in [0.717, 1.165) is 28.0 Å². The normalized spacial score (nSPS) is 10.7. The highest BCUT2D eigenvalue weighted by Crippen LogP contribution is 2.26. The van der Waals surface area contributed by atoms with Crippen molar-refractivity contribution in [3.63, 3.8) is 0 Å². The largest absolute Gasteiger partial charge is 0.467 e. The van der Waals surface area contributed by atoms with Crippen LogP contribution >= 0.6 is 0 Å². The van der Waals surface area contributed by atoms with Crippen LogP contribution in [0.3, 0.4) is 0 Å². The van der Waals surface area contributed by atoms with E-state index < -0.39 is 0 Å². The maximum atomic E-state index is 5.83. The third kappa shape index (κ3) is 4.13. The van der Waals surface area contributed by atoms with Gasteiger partial charge in [-0.2, -0.15) is 15.0 Å². The van der Waals surface area contributed by atoms with E-state index in [1.807, 2.05) is 78.9 Å². The fourth-order valence-corrected chi connectivity index (χ4v) is 3.03. The van der Waals surface area contributed by atoms with Gasteiger partial charge in [-0.3, -0.25) is 0 Å². The highest BCUT2D eigenvalue weighted by atomic mass is 16.5. The van der Waals surface area contributed by atoms with Crippen molar-refractivity contribution in [2.75, 3.05) is 17.7 Å². The van der Waals surface area contributed by atoms with Gasteiger partial charge in [-0.1, -0.05) is 30.3 Å². The molecule has 2 N–H and O–H groups in total. The molecule has 0 aliphatic carbocycles. The van der Waals surface area contributed by atoms with Gasteiger partial charge in [0.1, 0.15) is 5.52 Å². The molecule has 3 aromatic carbocycles. The lowest BCUT2D eigenvalue weighted by molar-refractivity contribution is 0.380. The van der Waals surface area contributed by atoms with Gasteiger partial charge >= 0.3 is 6.01 Å². The molecule has 0 aliphatic heterocycles. The SMILES string of the molecule is COc1nc(Nc2ccccc2)nc(Nc2ccc(-c3nc4ccccc4o3)cc2)n1. The Morgan fingerprint density at radius 1 is 0.677 bits per heavy atom. The molecule has 0 radical (unpaired) electrons. The van der Waals surface area contributed by atoms with E-state index in [4.69, 9.17) is 9.15 Å². The minimum Gasteiger partial charge on any atom is -0.467 e. The minimum atomic E-state index is 0.207. The summed E-state index contributed by atoms with van der Waals surface area (Å²) in [6.07, 6.45) is 0. The number of methoxy groups -OCH3 is 1. The molecule has 0 fully saturated rings. The maximum Gasteiger partial charge on any atom is 0.322 e. The molecule has 8 heteroatoms.